The molecule has 1 aliphatic rings. The smallest absolute Gasteiger partial charge is 0.248 e. The highest BCUT2D eigenvalue weighted by Gasteiger charge is 2.13. The van der Waals surface area contributed by atoms with E-state index in [1.165, 1.54) is 0 Å². The van der Waals surface area contributed by atoms with Crippen molar-refractivity contribution in [2.45, 2.75) is 6.54 Å². The van der Waals surface area contributed by atoms with Crippen LogP contribution in [0.4, 0.5) is 5.69 Å². The predicted molar refractivity (Wildman–Crippen MR) is 96.8 cm³/mol. The van der Waals surface area contributed by atoms with Crippen molar-refractivity contribution in [1.82, 2.24) is 9.55 Å². The number of fused-ring (bicyclic) bond motifs is 1. The van der Waals surface area contributed by atoms with Gasteiger partial charge in [-0.3, -0.25) is 4.79 Å². The molecule has 3 aromatic rings. The van der Waals surface area contributed by atoms with Crippen LogP contribution in [0.25, 0.3) is 11.0 Å². The maximum absolute atomic E-state index is 11.2. The Hall–Kier alpha value is -2.86. The van der Waals surface area contributed by atoms with Gasteiger partial charge in [-0.1, -0.05) is 12.1 Å². The van der Waals surface area contributed by atoms with E-state index < -0.39 is 5.91 Å². The number of rotatable bonds is 4. The predicted octanol–water partition coefficient (Wildman–Crippen LogP) is 2.02. The van der Waals surface area contributed by atoms with Crippen LogP contribution in [0.2, 0.25) is 0 Å². The van der Waals surface area contributed by atoms with Crippen molar-refractivity contribution in [2.75, 3.05) is 31.2 Å². The molecule has 1 aromatic carbocycles. The van der Waals surface area contributed by atoms with Crippen LogP contribution in [0.1, 0.15) is 15.9 Å². The van der Waals surface area contributed by atoms with Crippen LogP contribution in [0.3, 0.4) is 0 Å². The highest BCUT2D eigenvalue weighted by Crippen LogP contribution is 2.22. The van der Waals surface area contributed by atoms with Gasteiger partial charge < -0.3 is 19.9 Å². The molecule has 25 heavy (non-hydrogen) atoms. The average molecular weight is 336 g/mol. The molecule has 1 amide bonds. The number of amides is 1. The van der Waals surface area contributed by atoms with Crippen LogP contribution in [0.15, 0.2) is 48.8 Å². The molecule has 0 spiro atoms. The molecule has 1 aliphatic heterocycles. The molecule has 0 radical (unpaired) electrons. The summed E-state index contributed by atoms with van der Waals surface area (Å²) >= 11 is 0. The second kappa shape index (κ2) is 6.57. The lowest BCUT2D eigenvalue weighted by molar-refractivity contribution is 0.100. The van der Waals surface area contributed by atoms with E-state index in [0.717, 1.165) is 48.6 Å². The zero-order valence-corrected chi connectivity index (χ0v) is 13.9. The number of aromatic nitrogens is 2. The van der Waals surface area contributed by atoms with E-state index in [0.29, 0.717) is 12.1 Å². The minimum absolute atomic E-state index is 0.407. The molecule has 0 saturated carbocycles. The lowest BCUT2D eigenvalue weighted by atomic mass is 10.1. The summed E-state index contributed by atoms with van der Waals surface area (Å²) in [6, 6.07) is 11.6. The van der Waals surface area contributed by atoms with Gasteiger partial charge in [0.1, 0.15) is 5.65 Å². The van der Waals surface area contributed by atoms with Crippen LogP contribution in [0, 0.1) is 0 Å². The summed E-state index contributed by atoms with van der Waals surface area (Å²) in [5.74, 6) is -0.407. The molecule has 3 heterocycles. The second-order valence-corrected chi connectivity index (χ2v) is 6.21. The van der Waals surface area contributed by atoms with Crippen molar-refractivity contribution in [3.05, 3.63) is 59.9 Å². The number of hydrogen-bond donors (Lipinski definition) is 1. The quantitative estimate of drug-likeness (QED) is 0.791. The molecule has 1 fully saturated rings. The van der Waals surface area contributed by atoms with Crippen molar-refractivity contribution >= 4 is 22.6 Å². The fourth-order valence-corrected chi connectivity index (χ4v) is 3.16. The Labute approximate surface area is 145 Å². The van der Waals surface area contributed by atoms with Gasteiger partial charge in [-0.25, -0.2) is 4.98 Å². The fraction of sp³-hybridized carbons (Fsp3) is 0.263. The number of morpholine rings is 1. The normalized spacial score (nSPS) is 14.8. The van der Waals surface area contributed by atoms with Gasteiger partial charge in [0.2, 0.25) is 5.91 Å². The third-order valence-electron chi connectivity index (χ3n) is 4.55. The van der Waals surface area contributed by atoms with E-state index in [9.17, 15) is 4.79 Å². The number of nitrogens with zero attached hydrogens (tertiary/aromatic N) is 3. The number of primary amides is 1. The fourth-order valence-electron chi connectivity index (χ4n) is 3.16. The topological polar surface area (TPSA) is 73.4 Å². The molecule has 0 bridgehead atoms. The number of ether oxygens (including phenoxy) is 1. The molecule has 4 rings (SSSR count). The zero-order valence-electron chi connectivity index (χ0n) is 13.9. The Morgan fingerprint density at radius 3 is 2.64 bits per heavy atom. The summed E-state index contributed by atoms with van der Waals surface area (Å²) in [6.07, 6.45) is 3.98. The van der Waals surface area contributed by atoms with Gasteiger partial charge in [0.25, 0.3) is 0 Å². The van der Waals surface area contributed by atoms with E-state index >= 15 is 0 Å². The first kappa shape index (κ1) is 15.7. The highest BCUT2D eigenvalue weighted by atomic mass is 16.5. The van der Waals surface area contributed by atoms with Crippen molar-refractivity contribution in [3.63, 3.8) is 0 Å². The van der Waals surface area contributed by atoms with Crippen molar-refractivity contribution in [3.8, 4) is 0 Å². The molecule has 128 valence electrons. The Morgan fingerprint density at radius 1 is 1.16 bits per heavy atom. The average Bonchev–Trinajstić information content (AvgIpc) is 3.05. The lowest BCUT2D eigenvalue weighted by Crippen LogP contribution is -2.36. The maximum atomic E-state index is 11.2. The van der Waals surface area contributed by atoms with Gasteiger partial charge in [0.15, 0.2) is 0 Å². The summed E-state index contributed by atoms with van der Waals surface area (Å²) in [7, 11) is 0. The molecular weight excluding hydrogens is 316 g/mol. The van der Waals surface area contributed by atoms with Crippen LogP contribution in [-0.2, 0) is 11.3 Å². The van der Waals surface area contributed by atoms with Gasteiger partial charge in [-0.05, 0) is 29.8 Å². The summed E-state index contributed by atoms with van der Waals surface area (Å²) in [5.41, 5.74) is 9.00. The molecule has 6 nitrogen and oxygen atoms in total. The Kier molecular flexibility index (Phi) is 4.11. The first-order valence-electron chi connectivity index (χ1n) is 8.37. The Morgan fingerprint density at radius 2 is 1.92 bits per heavy atom. The Balaban J connectivity index is 1.57. The van der Waals surface area contributed by atoms with Crippen LogP contribution >= 0.6 is 0 Å². The summed E-state index contributed by atoms with van der Waals surface area (Å²) < 4.78 is 7.52. The molecule has 2 aromatic heterocycles. The van der Waals surface area contributed by atoms with E-state index in [4.69, 9.17) is 10.5 Å². The third kappa shape index (κ3) is 3.21. The van der Waals surface area contributed by atoms with Gasteiger partial charge in [-0.15, -0.1) is 0 Å². The molecule has 0 unspecified atom stereocenters. The molecule has 6 heteroatoms. The van der Waals surface area contributed by atoms with Crippen LogP contribution in [-0.4, -0.2) is 41.8 Å². The minimum Gasteiger partial charge on any atom is -0.378 e. The maximum Gasteiger partial charge on any atom is 0.248 e. The van der Waals surface area contributed by atoms with E-state index in [2.05, 4.69) is 26.6 Å². The summed E-state index contributed by atoms with van der Waals surface area (Å²) in [4.78, 5) is 18.1. The van der Waals surface area contributed by atoms with Crippen molar-refractivity contribution in [1.29, 1.82) is 0 Å². The monoisotopic (exact) mass is 336 g/mol. The van der Waals surface area contributed by atoms with Gasteiger partial charge in [0, 0.05) is 36.8 Å². The van der Waals surface area contributed by atoms with E-state index in [1.807, 2.05) is 24.5 Å². The van der Waals surface area contributed by atoms with Crippen LogP contribution in [0.5, 0.6) is 0 Å². The second-order valence-electron chi connectivity index (χ2n) is 6.21. The summed E-state index contributed by atoms with van der Waals surface area (Å²) in [6.45, 7) is 4.04. The number of nitrogens with two attached hydrogens (primary N) is 1. The number of hydrogen-bond acceptors (Lipinski definition) is 4. The molecule has 1 saturated heterocycles. The first-order chi connectivity index (χ1) is 12.2. The Bertz CT molecular complexity index is 895. The van der Waals surface area contributed by atoms with Crippen LogP contribution < -0.4 is 10.6 Å². The van der Waals surface area contributed by atoms with Gasteiger partial charge in [0.05, 0.1) is 25.1 Å². The van der Waals surface area contributed by atoms with Gasteiger partial charge in [-0.2, -0.15) is 0 Å². The molecule has 2 N–H and O–H groups in total. The van der Waals surface area contributed by atoms with E-state index in [-0.39, 0.29) is 0 Å². The molecule has 0 aliphatic carbocycles. The first-order valence-corrected chi connectivity index (χ1v) is 8.37. The lowest BCUT2D eigenvalue weighted by Gasteiger charge is -2.28. The zero-order chi connectivity index (χ0) is 17.2. The van der Waals surface area contributed by atoms with Crippen molar-refractivity contribution in [2.24, 2.45) is 5.73 Å². The number of carbonyl (C=O) groups is 1. The summed E-state index contributed by atoms with van der Waals surface area (Å²) in [5, 5.41) is 1.12. The number of benzene rings is 1. The van der Waals surface area contributed by atoms with E-state index in [1.54, 1.807) is 12.1 Å². The van der Waals surface area contributed by atoms with Crippen molar-refractivity contribution < 1.29 is 9.53 Å². The highest BCUT2D eigenvalue weighted by molar-refractivity contribution is 5.92. The molecular formula is C19H20N4O2. The largest absolute Gasteiger partial charge is 0.378 e. The molecule has 0 atom stereocenters. The number of carbonyl (C=O) groups excluding carboxylic acids is 1. The van der Waals surface area contributed by atoms with Gasteiger partial charge >= 0.3 is 0 Å². The third-order valence-corrected chi connectivity index (χ3v) is 4.55. The SMILES string of the molecule is NC(=O)c1ccc(Cn2ccc3cc(N4CCOCC4)cnc32)cc1. The number of anilines is 1. The number of pyridine rings is 1. The standard InChI is InChI=1S/C19H20N4O2/c20-18(24)15-3-1-14(2-4-15)13-23-6-5-16-11-17(12-21-19(16)23)22-7-9-25-10-8-22/h1-6,11-12H,7-10,13H2,(H2,20,24). The minimum atomic E-state index is -0.407.